The van der Waals surface area contributed by atoms with Crippen LogP contribution in [0.25, 0.3) is 11.4 Å². The number of rotatable bonds is 9. The molecule has 3 rings (SSSR count). The summed E-state index contributed by atoms with van der Waals surface area (Å²) in [6.45, 7) is 4.60. The van der Waals surface area contributed by atoms with Crippen LogP contribution in [-0.4, -0.2) is 28.6 Å². The van der Waals surface area contributed by atoms with Gasteiger partial charge >= 0.3 is 5.97 Å². The van der Waals surface area contributed by atoms with Gasteiger partial charge in [-0.15, -0.1) is 0 Å². The molecule has 0 aliphatic heterocycles. The third kappa shape index (κ3) is 5.99. The number of carbonyl (C=O) groups excluding carboxylic acids is 2. The summed E-state index contributed by atoms with van der Waals surface area (Å²) in [6.07, 6.45) is 0.688. The van der Waals surface area contributed by atoms with Crippen molar-refractivity contribution < 1.29 is 18.8 Å². The molecule has 152 valence electrons. The molecule has 1 aromatic carbocycles. The first-order valence-corrected chi connectivity index (χ1v) is 10.4. The maximum atomic E-state index is 11.8. The highest BCUT2D eigenvalue weighted by Gasteiger charge is 2.12. The average molecular weight is 413 g/mol. The fourth-order valence-corrected chi connectivity index (χ4v) is 3.23. The van der Waals surface area contributed by atoms with E-state index in [4.69, 9.17) is 9.26 Å². The van der Waals surface area contributed by atoms with Crippen LogP contribution in [0.1, 0.15) is 54.4 Å². The van der Waals surface area contributed by atoms with Crippen molar-refractivity contribution >= 4 is 23.2 Å². The number of aromatic nitrogens is 2. The van der Waals surface area contributed by atoms with Crippen molar-refractivity contribution in [2.75, 3.05) is 6.54 Å². The maximum Gasteiger partial charge on any atom is 0.306 e. The number of esters is 1. The number of nitrogens with one attached hydrogen (secondary N) is 1. The Kier molecular flexibility index (Phi) is 7.13. The number of thiophene rings is 1. The first kappa shape index (κ1) is 20.7. The Bertz CT molecular complexity index is 933. The van der Waals surface area contributed by atoms with Gasteiger partial charge in [0.15, 0.2) is 6.61 Å². The maximum absolute atomic E-state index is 11.8. The number of amides is 1. The molecule has 0 spiro atoms. The van der Waals surface area contributed by atoms with Gasteiger partial charge < -0.3 is 14.6 Å². The van der Waals surface area contributed by atoms with E-state index in [2.05, 4.69) is 29.3 Å². The Morgan fingerprint density at radius 3 is 2.69 bits per heavy atom. The van der Waals surface area contributed by atoms with Crippen LogP contribution in [0.2, 0.25) is 0 Å². The second kappa shape index (κ2) is 9.97. The van der Waals surface area contributed by atoms with Crippen LogP contribution in [0, 0.1) is 0 Å². The summed E-state index contributed by atoms with van der Waals surface area (Å²) >= 11 is 1.46. The number of nitrogens with zero attached hydrogens (tertiary/aromatic N) is 2. The Morgan fingerprint density at radius 1 is 1.21 bits per heavy atom. The normalized spacial score (nSPS) is 10.9. The quantitative estimate of drug-likeness (QED) is 0.418. The van der Waals surface area contributed by atoms with Crippen molar-refractivity contribution in [2.24, 2.45) is 0 Å². The number of benzene rings is 1. The SMILES string of the molecule is CC(C)c1ccc(-c2noc(COC(=O)CCCNC(=O)c3ccsc3)n2)cc1. The van der Waals surface area contributed by atoms with Gasteiger partial charge in [-0.1, -0.05) is 43.3 Å². The summed E-state index contributed by atoms with van der Waals surface area (Å²) in [6, 6.07) is 9.72. The monoisotopic (exact) mass is 413 g/mol. The molecule has 0 aliphatic carbocycles. The summed E-state index contributed by atoms with van der Waals surface area (Å²) < 4.78 is 10.3. The van der Waals surface area contributed by atoms with Gasteiger partial charge in [0.25, 0.3) is 11.8 Å². The lowest BCUT2D eigenvalue weighted by Crippen LogP contribution is -2.24. The second-order valence-electron chi connectivity index (χ2n) is 6.82. The van der Waals surface area contributed by atoms with E-state index in [1.165, 1.54) is 16.9 Å². The van der Waals surface area contributed by atoms with Gasteiger partial charge in [-0.25, -0.2) is 0 Å². The van der Waals surface area contributed by atoms with Gasteiger partial charge in [-0.05, 0) is 29.3 Å². The van der Waals surface area contributed by atoms with Crippen LogP contribution in [0.15, 0.2) is 45.6 Å². The highest BCUT2D eigenvalue weighted by Crippen LogP contribution is 2.20. The van der Waals surface area contributed by atoms with Crippen molar-refractivity contribution in [3.05, 3.63) is 58.1 Å². The van der Waals surface area contributed by atoms with Crippen molar-refractivity contribution in [3.63, 3.8) is 0 Å². The van der Waals surface area contributed by atoms with E-state index in [-0.39, 0.29) is 30.8 Å². The molecular weight excluding hydrogens is 390 g/mol. The topological polar surface area (TPSA) is 94.3 Å². The van der Waals surface area contributed by atoms with E-state index in [9.17, 15) is 9.59 Å². The number of ether oxygens (including phenoxy) is 1. The molecule has 3 aromatic rings. The zero-order chi connectivity index (χ0) is 20.6. The minimum Gasteiger partial charge on any atom is -0.456 e. The van der Waals surface area contributed by atoms with E-state index in [0.29, 0.717) is 30.3 Å². The molecule has 0 saturated carbocycles. The molecule has 0 unspecified atom stereocenters. The lowest BCUT2D eigenvalue weighted by Gasteiger charge is -2.04. The van der Waals surface area contributed by atoms with Crippen LogP contribution in [0.4, 0.5) is 0 Å². The van der Waals surface area contributed by atoms with Gasteiger partial charge in [-0.2, -0.15) is 16.3 Å². The van der Waals surface area contributed by atoms with E-state index in [1.54, 1.807) is 11.4 Å². The zero-order valence-electron chi connectivity index (χ0n) is 16.4. The molecule has 29 heavy (non-hydrogen) atoms. The molecule has 1 amide bonds. The van der Waals surface area contributed by atoms with E-state index in [0.717, 1.165) is 5.56 Å². The molecule has 0 bridgehead atoms. The van der Waals surface area contributed by atoms with Crippen molar-refractivity contribution in [2.45, 2.75) is 39.2 Å². The average Bonchev–Trinajstić information content (AvgIpc) is 3.42. The second-order valence-corrected chi connectivity index (χ2v) is 7.60. The van der Waals surface area contributed by atoms with Gasteiger partial charge in [-0.3, -0.25) is 9.59 Å². The largest absolute Gasteiger partial charge is 0.456 e. The van der Waals surface area contributed by atoms with E-state index < -0.39 is 0 Å². The van der Waals surface area contributed by atoms with Crippen LogP contribution in [0.3, 0.4) is 0 Å². The highest BCUT2D eigenvalue weighted by molar-refractivity contribution is 7.08. The smallest absolute Gasteiger partial charge is 0.306 e. The molecule has 0 saturated heterocycles. The molecule has 0 atom stereocenters. The molecule has 7 nitrogen and oxygen atoms in total. The lowest BCUT2D eigenvalue weighted by molar-refractivity contribution is -0.145. The predicted molar refractivity (Wildman–Crippen MR) is 110 cm³/mol. The van der Waals surface area contributed by atoms with Crippen LogP contribution >= 0.6 is 11.3 Å². The van der Waals surface area contributed by atoms with Crippen LogP contribution < -0.4 is 5.32 Å². The first-order chi connectivity index (χ1) is 14.0. The van der Waals surface area contributed by atoms with Crippen LogP contribution in [0.5, 0.6) is 0 Å². The first-order valence-electron chi connectivity index (χ1n) is 9.42. The third-order valence-corrected chi connectivity index (χ3v) is 4.97. The number of hydrogen-bond donors (Lipinski definition) is 1. The van der Waals surface area contributed by atoms with Gasteiger partial charge in [0.1, 0.15) is 0 Å². The summed E-state index contributed by atoms with van der Waals surface area (Å²) in [5.74, 6) is 0.637. The number of carbonyl (C=O) groups is 2. The zero-order valence-corrected chi connectivity index (χ0v) is 17.2. The van der Waals surface area contributed by atoms with Gasteiger partial charge in [0.05, 0.1) is 0 Å². The summed E-state index contributed by atoms with van der Waals surface area (Å²) in [5, 5.41) is 10.3. The summed E-state index contributed by atoms with van der Waals surface area (Å²) in [4.78, 5) is 27.9. The fraction of sp³-hybridized carbons (Fsp3) is 0.333. The third-order valence-electron chi connectivity index (χ3n) is 4.29. The highest BCUT2D eigenvalue weighted by atomic mass is 32.1. The molecule has 0 fully saturated rings. The van der Waals surface area contributed by atoms with Crippen molar-refractivity contribution in [1.29, 1.82) is 0 Å². The predicted octanol–water partition coefficient (Wildman–Crippen LogP) is 4.17. The van der Waals surface area contributed by atoms with Gasteiger partial charge in [0, 0.05) is 29.5 Å². The van der Waals surface area contributed by atoms with Crippen molar-refractivity contribution in [3.8, 4) is 11.4 Å². The Hall–Kier alpha value is -3.00. The minimum atomic E-state index is -0.379. The minimum absolute atomic E-state index is 0.0722. The van der Waals surface area contributed by atoms with E-state index in [1.807, 2.05) is 29.6 Å². The Balaban J connectivity index is 1.39. The molecule has 2 heterocycles. The number of hydrogen-bond acceptors (Lipinski definition) is 7. The Labute approximate surface area is 173 Å². The molecular formula is C21H23N3O4S. The molecule has 2 aromatic heterocycles. The summed E-state index contributed by atoms with van der Waals surface area (Å²) in [5.41, 5.74) is 2.71. The fourth-order valence-electron chi connectivity index (χ4n) is 2.59. The van der Waals surface area contributed by atoms with E-state index >= 15 is 0 Å². The Morgan fingerprint density at radius 2 is 2.00 bits per heavy atom. The summed E-state index contributed by atoms with van der Waals surface area (Å²) in [7, 11) is 0. The standard InChI is InChI=1S/C21H23N3O4S/c1-14(2)15-5-7-16(8-6-15)20-23-18(28-24-20)12-27-19(25)4-3-10-22-21(26)17-9-11-29-13-17/h5-9,11,13-14H,3-4,10,12H2,1-2H3,(H,22,26). The van der Waals surface area contributed by atoms with Crippen LogP contribution in [-0.2, 0) is 16.1 Å². The molecule has 0 radical (unpaired) electrons. The molecule has 0 aliphatic rings. The lowest BCUT2D eigenvalue weighted by atomic mass is 10.0. The molecule has 1 N–H and O–H groups in total. The molecule has 8 heteroatoms. The van der Waals surface area contributed by atoms with Gasteiger partial charge in [0.2, 0.25) is 5.82 Å². The van der Waals surface area contributed by atoms with Crippen molar-refractivity contribution in [1.82, 2.24) is 15.5 Å².